The van der Waals surface area contributed by atoms with Gasteiger partial charge >= 0.3 is 5.97 Å². The highest BCUT2D eigenvalue weighted by Crippen LogP contribution is 2.27. The maximum atomic E-state index is 11.9. The summed E-state index contributed by atoms with van der Waals surface area (Å²) in [6.07, 6.45) is 2.53. The minimum absolute atomic E-state index is 0.144. The van der Waals surface area contributed by atoms with E-state index in [1.54, 1.807) is 18.2 Å². The van der Waals surface area contributed by atoms with Crippen molar-refractivity contribution in [1.82, 2.24) is 5.43 Å². The average molecular weight is 398 g/mol. The largest absolute Gasteiger partial charge is 0.493 e. The van der Waals surface area contributed by atoms with Crippen molar-refractivity contribution in [3.8, 4) is 17.2 Å². The molecule has 0 heterocycles. The van der Waals surface area contributed by atoms with Crippen LogP contribution >= 0.6 is 0 Å². The number of rotatable bonds is 9. The summed E-state index contributed by atoms with van der Waals surface area (Å²) in [5, 5.41) is 3.90. The minimum atomic E-state index is -0.438. The molecule has 0 bridgehead atoms. The Bertz CT molecular complexity index is 862. The first-order chi connectivity index (χ1) is 13.9. The van der Waals surface area contributed by atoms with Crippen molar-refractivity contribution in [2.24, 2.45) is 5.10 Å². The normalized spacial score (nSPS) is 11.7. The van der Waals surface area contributed by atoms with Crippen LogP contribution in [0.3, 0.4) is 0 Å². The number of hydrogen-bond donors (Lipinski definition) is 1. The number of carbonyl (C=O) groups is 2. The lowest BCUT2D eigenvalue weighted by molar-refractivity contribution is -0.132. The van der Waals surface area contributed by atoms with Gasteiger partial charge in [-0.3, -0.25) is 9.59 Å². The lowest BCUT2D eigenvalue weighted by Gasteiger charge is -2.10. The van der Waals surface area contributed by atoms with Crippen LogP contribution in [0.2, 0.25) is 0 Å². The second kappa shape index (κ2) is 10.8. The number of nitrogens with zero attached hydrogens (tertiary/aromatic N) is 1. The smallest absolute Gasteiger partial charge is 0.308 e. The summed E-state index contributed by atoms with van der Waals surface area (Å²) in [5.74, 6) is 1.00. The Hall–Kier alpha value is -3.35. The van der Waals surface area contributed by atoms with Crippen molar-refractivity contribution in [2.45, 2.75) is 33.1 Å². The van der Waals surface area contributed by atoms with Gasteiger partial charge in [-0.25, -0.2) is 5.43 Å². The van der Waals surface area contributed by atoms with Gasteiger partial charge in [-0.1, -0.05) is 26.0 Å². The molecule has 29 heavy (non-hydrogen) atoms. The monoisotopic (exact) mass is 398 g/mol. The molecule has 0 aliphatic heterocycles. The fourth-order valence-electron chi connectivity index (χ4n) is 2.49. The Labute approximate surface area is 170 Å². The van der Waals surface area contributed by atoms with E-state index < -0.39 is 5.97 Å². The Morgan fingerprint density at radius 1 is 1.14 bits per heavy atom. The highest BCUT2D eigenvalue weighted by Gasteiger charge is 2.08. The molecule has 7 nitrogen and oxygen atoms in total. The Balaban J connectivity index is 1.85. The standard InChI is InChI=1S/C22H26N2O5/c1-5-15(2)18-7-9-19(10-8-18)28-14-22(26)24-23-13-17-6-11-20(29-16(3)25)21(12-17)27-4/h6-13,15H,5,14H2,1-4H3,(H,24,26)/b23-13+. The second-order valence-electron chi connectivity index (χ2n) is 6.46. The highest BCUT2D eigenvalue weighted by molar-refractivity contribution is 5.84. The molecule has 0 saturated carbocycles. The predicted octanol–water partition coefficient (Wildman–Crippen LogP) is 3.66. The summed E-state index contributed by atoms with van der Waals surface area (Å²) in [6.45, 7) is 5.48. The molecule has 0 aromatic heterocycles. The molecule has 1 atom stereocenters. The molecule has 0 saturated heterocycles. The lowest BCUT2D eigenvalue weighted by atomic mass is 9.99. The molecule has 7 heteroatoms. The van der Waals surface area contributed by atoms with E-state index in [0.29, 0.717) is 28.7 Å². The van der Waals surface area contributed by atoms with E-state index in [4.69, 9.17) is 14.2 Å². The molecular weight excluding hydrogens is 372 g/mol. The molecule has 0 aliphatic rings. The number of amides is 1. The van der Waals surface area contributed by atoms with E-state index >= 15 is 0 Å². The first kappa shape index (κ1) is 21.9. The Morgan fingerprint density at radius 2 is 1.86 bits per heavy atom. The van der Waals surface area contributed by atoms with Crippen LogP contribution in [0, 0.1) is 0 Å². The maximum Gasteiger partial charge on any atom is 0.308 e. The number of benzene rings is 2. The first-order valence-corrected chi connectivity index (χ1v) is 9.34. The molecular formula is C22H26N2O5. The summed E-state index contributed by atoms with van der Waals surface area (Å²) in [4.78, 5) is 23.0. The van der Waals surface area contributed by atoms with Crippen molar-refractivity contribution in [2.75, 3.05) is 13.7 Å². The first-order valence-electron chi connectivity index (χ1n) is 9.34. The summed E-state index contributed by atoms with van der Waals surface area (Å²) >= 11 is 0. The van der Waals surface area contributed by atoms with Crippen molar-refractivity contribution in [3.05, 3.63) is 53.6 Å². The van der Waals surface area contributed by atoms with Gasteiger partial charge in [0.05, 0.1) is 13.3 Å². The minimum Gasteiger partial charge on any atom is -0.493 e. The van der Waals surface area contributed by atoms with Gasteiger partial charge in [-0.05, 0) is 53.8 Å². The van der Waals surface area contributed by atoms with Crippen molar-refractivity contribution < 1.29 is 23.8 Å². The van der Waals surface area contributed by atoms with Crippen LogP contribution in [0.25, 0.3) is 0 Å². The van der Waals surface area contributed by atoms with Crippen molar-refractivity contribution in [3.63, 3.8) is 0 Å². The van der Waals surface area contributed by atoms with Crippen LogP contribution in [0.1, 0.15) is 44.2 Å². The van der Waals surface area contributed by atoms with Gasteiger partial charge in [0, 0.05) is 6.92 Å². The molecule has 154 valence electrons. The Morgan fingerprint density at radius 3 is 2.48 bits per heavy atom. The average Bonchev–Trinajstić information content (AvgIpc) is 2.72. The highest BCUT2D eigenvalue weighted by atomic mass is 16.6. The molecule has 2 rings (SSSR count). The number of hydrazone groups is 1. The third-order valence-corrected chi connectivity index (χ3v) is 4.28. The van der Waals surface area contributed by atoms with Crippen molar-refractivity contribution >= 4 is 18.1 Å². The molecule has 1 unspecified atom stereocenters. The fourth-order valence-corrected chi connectivity index (χ4v) is 2.49. The number of methoxy groups -OCH3 is 1. The Kier molecular flexibility index (Phi) is 8.21. The van der Waals surface area contributed by atoms with E-state index in [1.807, 2.05) is 24.3 Å². The van der Waals surface area contributed by atoms with Crippen LogP contribution in [0.15, 0.2) is 47.6 Å². The van der Waals surface area contributed by atoms with Gasteiger partial charge in [0.15, 0.2) is 18.1 Å². The van der Waals surface area contributed by atoms with E-state index in [9.17, 15) is 9.59 Å². The number of ether oxygens (including phenoxy) is 3. The quantitative estimate of drug-likeness (QED) is 0.301. The lowest BCUT2D eigenvalue weighted by Crippen LogP contribution is -2.24. The van der Waals surface area contributed by atoms with Crippen LogP contribution in [-0.4, -0.2) is 31.8 Å². The summed E-state index contributed by atoms with van der Waals surface area (Å²) in [6, 6.07) is 12.6. The van der Waals surface area contributed by atoms with Gasteiger partial charge in [-0.2, -0.15) is 5.10 Å². The molecule has 1 N–H and O–H groups in total. The second-order valence-corrected chi connectivity index (χ2v) is 6.46. The van der Waals surface area contributed by atoms with Crippen LogP contribution < -0.4 is 19.6 Å². The predicted molar refractivity (Wildman–Crippen MR) is 111 cm³/mol. The fraction of sp³-hybridized carbons (Fsp3) is 0.318. The third kappa shape index (κ3) is 6.95. The summed E-state index contributed by atoms with van der Waals surface area (Å²) < 4.78 is 15.7. The summed E-state index contributed by atoms with van der Waals surface area (Å²) in [5.41, 5.74) is 4.31. The van der Waals surface area contributed by atoms with Gasteiger partial charge < -0.3 is 14.2 Å². The zero-order valence-electron chi connectivity index (χ0n) is 17.1. The van der Waals surface area contributed by atoms with Gasteiger partial charge in [0.25, 0.3) is 5.91 Å². The molecule has 0 radical (unpaired) electrons. The topological polar surface area (TPSA) is 86.2 Å². The number of hydrogen-bond acceptors (Lipinski definition) is 6. The van der Waals surface area contributed by atoms with Gasteiger partial charge in [-0.15, -0.1) is 0 Å². The van der Waals surface area contributed by atoms with Gasteiger partial charge in [0.1, 0.15) is 5.75 Å². The van der Waals surface area contributed by atoms with E-state index in [2.05, 4.69) is 24.4 Å². The van der Waals surface area contributed by atoms with Crippen LogP contribution in [0.5, 0.6) is 17.2 Å². The van der Waals surface area contributed by atoms with Gasteiger partial charge in [0.2, 0.25) is 0 Å². The van der Waals surface area contributed by atoms with Crippen LogP contribution in [0.4, 0.5) is 0 Å². The molecule has 0 fully saturated rings. The van der Waals surface area contributed by atoms with E-state index in [0.717, 1.165) is 6.42 Å². The molecule has 2 aromatic carbocycles. The summed E-state index contributed by atoms with van der Waals surface area (Å²) in [7, 11) is 1.47. The molecule has 2 aromatic rings. The third-order valence-electron chi connectivity index (χ3n) is 4.28. The molecule has 1 amide bonds. The maximum absolute atomic E-state index is 11.9. The number of carbonyl (C=O) groups excluding carboxylic acids is 2. The van der Waals surface area contributed by atoms with E-state index in [1.165, 1.54) is 25.8 Å². The molecule has 0 aliphatic carbocycles. The molecule has 0 spiro atoms. The van der Waals surface area contributed by atoms with E-state index in [-0.39, 0.29) is 12.5 Å². The zero-order chi connectivity index (χ0) is 21.2. The zero-order valence-corrected chi connectivity index (χ0v) is 17.1. The number of esters is 1. The number of nitrogens with one attached hydrogen (secondary N) is 1. The SMILES string of the molecule is CCC(C)c1ccc(OCC(=O)N/N=C/c2ccc(OC(C)=O)c(OC)c2)cc1. The van der Waals surface area contributed by atoms with Crippen LogP contribution in [-0.2, 0) is 9.59 Å². The van der Waals surface area contributed by atoms with Crippen molar-refractivity contribution in [1.29, 1.82) is 0 Å².